The van der Waals surface area contributed by atoms with Crippen LogP contribution in [0, 0.1) is 0 Å². The summed E-state index contributed by atoms with van der Waals surface area (Å²) in [4.78, 5) is 2.25. The van der Waals surface area contributed by atoms with Crippen molar-refractivity contribution in [1.29, 1.82) is 0 Å². The molecular weight excluding hydrogens is 312 g/mol. The van der Waals surface area contributed by atoms with E-state index in [0.717, 1.165) is 17.6 Å². The lowest BCUT2D eigenvalue weighted by Gasteiger charge is -2.25. The van der Waals surface area contributed by atoms with Crippen LogP contribution in [0.15, 0.2) is 59.1 Å². The van der Waals surface area contributed by atoms with E-state index in [4.69, 9.17) is 0 Å². The molecule has 0 aromatic heterocycles. The van der Waals surface area contributed by atoms with E-state index in [0.29, 0.717) is 6.04 Å². The summed E-state index contributed by atoms with van der Waals surface area (Å²) in [5.74, 6) is 0. The Bertz CT molecular complexity index is 526. The molecule has 2 aromatic rings. The summed E-state index contributed by atoms with van der Waals surface area (Å²) in [6, 6.07) is 19.4. The number of likely N-dealkylation sites (N-methyl/N-ethyl adjacent to an activating group) is 1. The van der Waals surface area contributed by atoms with Crippen molar-refractivity contribution in [3.05, 3.63) is 70.2 Å². The standard InChI is InChI=1S/C17H21BrN2/c1-20(2)17(15-8-4-3-5-9-15)13-19-12-14-7-6-10-16(18)11-14/h3-11,17,19H,12-13H2,1-2H3. The van der Waals surface area contributed by atoms with Crippen LogP contribution < -0.4 is 5.32 Å². The predicted octanol–water partition coefficient (Wildman–Crippen LogP) is 3.84. The van der Waals surface area contributed by atoms with Crippen molar-refractivity contribution in [2.45, 2.75) is 12.6 Å². The van der Waals surface area contributed by atoms with E-state index in [9.17, 15) is 0 Å². The summed E-state index contributed by atoms with van der Waals surface area (Å²) in [5.41, 5.74) is 2.64. The van der Waals surface area contributed by atoms with Crippen LogP contribution in [-0.2, 0) is 6.54 Å². The quantitative estimate of drug-likeness (QED) is 0.864. The molecule has 0 spiro atoms. The number of hydrogen-bond acceptors (Lipinski definition) is 2. The van der Waals surface area contributed by atoms with Crippen LogP contribution in [0.5, 0.6) is 0 Å². The lowest BCUT2D eigenvalue weighted by Crippen LogP contribution is -2.30. The van der Waals surface area contributed by atoms with E-state index < -0.39 is 0 Å². The molecule has 106 valence electrons. The fourth-order valence-electron chi connectivity index (χ4n) is 2.27. The Kier molecular flexibility index (Phi) is 5.77. The van der Waals surface area contributed by atoms with E-state index >= 15 is 0 Å². The average molecular weight is 333 g/mol. The highest BCUT2D eigenvalue weighted by Crippen LogP contribution is 2.17. The Morgan fingerprint density at radius 2 is 1.80 bits per heavy atom. The minimum Gasteiger partial charge on any atom is -0.311 e. The maximum atomic E-state index is 3.55. The first-order valence-corrected chi connectivity index (χ1v) is 7.62. The number of nitrogens with one attached hydrogen (secondary N) is 1. The van der Waals surface area contributed by atoms with Gasteiger partial charge in [0.05, 0.1) is 0 Å². The highest BCUT2D eigenvalue weighted by molar-refractivity contribution is 9.10. The van der Waals surface area contributed by atoms with Crippen LogP contribution in [0.3, 0.4) is 0 Å². The lowest BCUT2D eigenvalue weighted by atomic mass is 10.1. The highest BCUT2D eigenvalue weighted by Gasteiger charge is 2.12. The fourth-order valence-corrected chi connectivity index (χ4v) is 2.72. The molecule has 3 heteroatoms. The summed E-state index contributed by atoms with van der Waals surface area (Å²) in [5, 5.41) is 3.55. The molecule has 0 aliphatic rings. The molecule has 0 amide bonds. The molecular formula is C17H21BrN2. The van der Waals surface area contributed by atoms with Gasteiger partial charge in [-0.15, -0.1) is 0 Å². The number of nitrogens with zero attached hydrogens (tertiary/aromatic N) is 1. The number of halogens is 1. The van der Waals surface area contributed by atoms with Gasteiger partial charge in [0.1, 0.15) is 0 Å². The zero-order chi connectivity index (χ0) is 14.4. The third-order valence-corrected chi connectivity index (χ3v) is 3.86. The summed E-state index contributed by atoms with van der Waals surface area (Å²) < 4.78 is 1.13. The summed E-state index contributed by atoms with van der Waals surface area (Å²) >= 11 is 3.51. The first-order valence-electron chi connectivity index (χ1n) is 6.83. The van der Waals surface area contributed by atoms with E-state index in [1.807, 2.05) is 0 Å². The normalized spacial score (nSPS) is 12.6. The van der Waals surface area contributed by atoms with Crippen molar-refractivity contribution < 1.29 is 0 Å². The third-order valence-electron chi connectivity index (χ3n) is 3.36. The molecule has 2 rings (SSSR count). The van der Waals surface area contributed by atoms with Gasteiger partial charge >= 0.3 is 0 Å². The monoisotopic (exact) mass is 332 g/mol. The van der Waals surface area contributed by atoms with Gasteiger partial charge in [0, 0.05) is 23.6 Å². The molecule has 0 heterocycles. The molecule has 1 atom stereocenters. The van der Waals surface area contributed by atoms with E-state index in [-0.39, 0.29) is 0 Å². The second kappa shape index (κ2) is 7.58. The molecule has 0 aliphatic heterocycles. The van der Waals surface area contributed by atoms with Crippen LogP contribution in [0.25, 0.3) is 0 Å². The van der Waals surface area contributed by atoms with Crippen LogP contribution in [0.2, 0.25) is 0 Å². The zero-order valence-corrected chi connectivity index (χ0v) is 13.6. The highest BCUT2D eigenvalue weighted by atomic mass is 79.9. The molecule has 0 fully saturated rings. The van der Waals surface area contributed by atoms with E-state index in [2.05, 4.69) is 94.8 Å². The molecule has 0 aliphatic carbocycles. The zero-order valence-electron chi connectivity index (χ0n) is 12.0. The van der Waals surface area contributed by atoms with Crippen molar-refractivity contribution in [3.63, 3.8) is 0 Å². The molecule has 0 bridgehead atoms. The Morgan fingerprint density at radius 3 is 2.45 bits per heavy atom. The van der Waals surface area contributed by atoms with Crippen molar-refractivity contribution in [1.82, 2.24) is 10.2 Å². The summed E-state index contributed by atoms with van der Waals surface area (Å²) in [6.45, 7) is 1.82. The smallest absolute Gasteiger partial charge is 0.0466 e. The largest absolute Gasteiger partial charge is 0.311 e. The first kappa shape index (κ1) is 15.2. The van der Waals surface area contributed by atoms with Crippen LogP contribution >= 0.6 is 15.9 Å². The molecule has 20 heavy (non-hydrogen) atoms. The Labute approximate surface area is 129 Å². The maximum absolute atomic E-state index is 3.55. The molecule has 1 N–H and O–H groups in total. The average Bonchev–Trinajstić information content (AvgIpc) is 2.44. The van der Waals surface area contributed by atoms with Crippen LogP contribution in [-0.4, -0.2) is 25.5 Å². The second-order valence-corrected chi connectivity index (χ2v) is 6.07. The molecule has 0 saturated carbocycles. The molecule has 1 unspecified atom stereocenters. The third kappa shape index (κ3) is 4.44. The van der Waals surface area contributed by atoms with Crippen LogP contribution in [0.4, 0.5) is 0 Å². The van der Waals surface area contributed by atoms with Crippen molar-refractivity contribution in [2.75, 3.05) is 20.6 Å². The predicted molar refractivity (Wildman–Crippen MR) is 88.7 cm³/mol. The molecule has 2 aromatic carbocycles. The van der Waals surface area contributed by atoms with Gasteiger partial charge < -0.3 is 10.2 Å². The van der Waals surface area contributed by atoms with Gasteiger partial charge in [0.2, 0.25) is 0 Å². The van der Waals surface area contributed by atoms with Gasteiger partial charge in [-0.2, -0.15) is 0 Å². The van der Waals surface area contributed by atoms with E-state index in [1.165, 1.54) is 11.1 Å². The van der Waals surface area contributed by atoms with Gasteiger partial charge in [-0.25, -0.2) is 0 Å². The Morgan fingerprint density at radius 1 is 1.05 bits per heavy atom. The van der Waals surface area contributed by atoms with Gasteiger partial charge in [-0.1, -0.05) is 58.4 Å². The van der Waals surface area contributed by atoms with Gasteiger partial charge in [-0.05, 0) is 37.4 Å². The SMILES string of the molecule is CN(C)C(CNCc1cccc(Br)c1)c1ccccc1. The number of hydrogen-bond donors (Lipinski definition) is 1. The summed E-state index contributed by atoms with van der Waals surface area (Å²) in [6.07, 6.45) is 0. The maximum Gasteiger partial charge on any atom is 0.0466 e. The van der Waals surface area contributed by atoms with Crippen molar-refractivity contribution in [3.8, 4) is 0 Å². The number of rotatable bonds is 6. The Balaban J connectivity index is 1.93. The minimum absolute atomic E-state index is 0.392. The van der Waals surface area contributed by atoms with Crippen molar-refractivity contribution in [2.24, 2.45) is 0 Å². The van der Waals surface area contributed by atoms with Crippen molar-refractivity contribution >= 4 is 15.9 Å². The molecule has 0 saturated heterocycles. The van der Waals surface area contributed by atoms with Gasteiger partial charge in [0.25, 0.3) is 0 Å². The van der Waals surface area contributed by atoms with Gasteiger partial charge in [0.15, 0.2) is 0 Å². The number of benzene rings is 2. The fraction of sp³-hybridized carbons (Fsp3) is 0.294. The topological polar surface area (TPSA) is 15.3 Å². The summed E-state index contributed by atoms with van der Waals surface area (Å²) in [7, 11) is 4.25. The molecule has 2 nitrogen and oxygen atoms in total. The Hall–Kier alpha value is -1.16. The lowest BCUT2D eigenvalue weighted by molar-refractivity contribution is 0.288. The first-order chi connectivity index (χ1) is 9.66. The van der Waals surface area contributed by atoms with E-state index in [1.54, 1.807) is 0 Å². The second-order valence-electron chi connectivity index (χ2n) is 5.15. The minimum atomic E-state index is 0.392. The molecule has 0 radical (unpaired) electrons. The van der Waals surface area contributed by atoms with Crippen LogP contribution in [0.1, 0.15) is 17.2 Å². The van der Waals surface area contributed by atoms with Gasteiger partial charge in [-0.3, -0.25) is 0 Å².